The third-order valence-corrected chi connectivity index (χ3v) is 7.06. The summed E-state index contributed by atoms with van der Waals surface area (Å²) in [5.74, 6) is -1.24. The maximum atomic E-state index is 14.1. The number of thiazole rings is 1. The number of fused-ring (bicyclic) bond motifs is 1. The molecule has 0 atom stereocenters. The van der Waals surface area contributed by atoms with Crippen molar-refractivity contribution in [2.45, 2.75) is 11.4 Å². The van der Waals surface area contributed by atoms with Crippen LogP contribution in [0.5, 0.6) is 0 Å². The number of nitrogens with one attached hydrogen (secondary N) is 1. The Morgan fingerprint density at radius 1 is 1.22 bits per heavy atom. The second-order valence-corrected chi connectivity index (χ2v) is 10.4. The zero-order chi connectivity index (χ0) is 23.0. The topological polar surface area (TPSA) is 98.1 Å². The largest absolute Gasteiger partial charge is 0.310 e. The van der Waals surface area contributed by atoms with Crippen LogP contribution in [0.3, 0.4) is 0 Å². The van der Waals surface area contributed by atoms with Crippen LogP contribution in [0.2, 0.25) is 5.02 Å². The number of rotatable bonds is 5. The third-order valence-electron chi connectivity index (χ3n) is 4.66. The normalized spacial score (nSPS) is 11.6. The Labute approximate surface area is 191 Å². The van der Waals surface area contributed by atoms with E-state index in [-0.39, 0.29) is 32.7 Å². The summed E-state index contributed by atoms with van der Waals surface area (Å²) in [6, 6.07) is 11.5. The second-order valence-electron chi connectivity index (χ2n) is 6.93. The number of carbonyl (C=O) groups is 1. The molecule has 1 N–H and O–H groups in total. The third kappa shape index (κ3) is 4.43. The van der Waals surface area contributed by atoms with Crippen molar-refractivity contribution in [2.24, 2.45) is 0 Å². The molecule has 2 aromatic heterocycles. The van der Waals surface area contributed by atoms with Crippen LogP contribution < -0.4 is 10.9 Å². The molecule has 0 aliphatic carbocycles. The van der Waals surface area contributed by atoms with Gasteiger partial charge in [-0.1, -0.05) is 29.0 Å². The maximum absolute atomic E-state index is 14.1. The van der Waals surface area contributed by atoms with Gasteiger partial charge in [0.2, 0.25) is 0 Å². The van der Waals surface area contributed by atoms with Crippen LogP contribution >= 0.6 is 22.9 Å². The summed E-state index contributed by atoms with van der Waals surface area (Å²) in [5, 5.41) is 2.95. The van der Waals surface area contributed by atoms with E-state index in [4.69, 9.17) is 11.6 Å². The molecule has 32 heavy (non-hydrogen) atoms. The summed E-state index contributed by atoms with van der Waals surface area (Å²) in [6.07, 6.45) is 2.54. The Morgan fingerprint density at radius 2 is 2.00 bits per heavy atom. The summed E-state index contributed by atoms with van der Waals surface area (Å²) < 4.78 is 39.3. The van der Waals surface area contributed by atoms with Crippen molar-refractivity contribution < 1.29 is 17.6 Å². The highest BCUT2D eigenvalue weighted by atomic mass is 35.5. The van der Waals surface area contributed by atoms with Gasteiger partial charge in [0.25, 0.3) is 11.5 Å². The summed E-state index contributed by atoms with van der Waals surface area (Å²) >= 11 is 7.12. The molecule has 4 aromatic rings. The molecule has 4 rings (SSSR count). The van der Waals surface area contributed by atoms with Gasteiger partial charge in [-0.05, 0) is 42.5 Å². The fourth-order valence-corrected chi connectivity index (χ4v) is 4.89. The number of halogens is 2. The van der Waals surface area contributed by atoms with E-state index in [2.05, 4.69) is 10.3 Å². The molecule has 2 heterocycles. The average molecular weight is 492 g/mol. The summed E-state index contributed by atoms with van der Waals surface area (Å²) in [5.41, 5.74) is -0.125. The first kappa shape index (κ1) is 22.1. The molecule has 0 aliphatic heterocycles. The number of amides is 1. The average Bonchev–Trinajstić information content (AvgIpc) is 3.12. The number of benzene rings is 2. The number of nitrogens with zero attached hydrogens (tertiary/aromatic N) is 2. The van der Waals surface area contributed by atoms with Crippen molar-refractivity contribution in [1.82, 2.24) is 9.55 Å². The molecule has 2 aromatic carbocycles. The smallest absolute Gasteiger partial charge is 0.263 e. The van der Waals surface area contributed by atoms with Crippen LogP contribution in [0.4, 0.5) is 9.52 Å². The van der Waals surface area contributed by atoms with Crippen molar-refractivity contribution in [3.05, 3.63) is 87.0 Å². The van der Waals surface area contributed by atoms with Crippen molar-refractivity contribution in [3.8, 4) is 0 Å². The Hall–Kier alpha value is -3.08. The van der Waals surface area contributed by atoms with E-state index < -0.39 is 27.1 Å². The minimum absolute atomic E-state index is 0.138. The molecule has 7 nitrogen and oxygen atoms in total. The highest BCUT2D eigenvalue weighted by molar-refractivity contribution is 7.90. The maximum Gasteiger partial charge on any atom is 0.263 e. The van der Waals surface area contributed by atoms with E-state index in [0.717, 1.165) is 17.6 Å². The predicted octanol–water partition coefficient (Wildman–Crippen LogP) is 3.95. The number of sulfone groups is 1. The number of anilines is 1. The van der Waals surface area contributed by atoms with E-state index in [1.54, 1.807) is 6.07 Å². The standard InChI is InChI=1S/C21H15ClFN3O4S2/c1-32(29,30)12-7-8-17-18(10-12)31-21(24-17)25-19(27)13-4-3-9-26(20(13)28)11-14-15(22)5-2-6-16(14)23/h2-10H,11H2,1H3,(H,24,25,27). The van der Waals surface area contributed by atoms with Crippen molar-refractivity contribution in [1.29, 1.82) is 0 Å². The molecule has 0 spiro atoms. The number of carbonyl (C=O) groups excluding carboxylic acids is 1. The predicted molar refractivity (Wildman–Crippen MR) is 122 cm³/mol. The molecule has 1 amide bonds. The lowest BCUT2D eigenvalue weighted by Gasteiger charge is -2.10. The fraction of sp³-hybridized carbons (Fsp3) is 0.0952. The van der Waals surface area contributed by atoms with Crippen molar-refractivity contribution in [3.63, 3.8) is 0 Å². The van der Waals surface area contributed by atoms with Gasteiger partial charge in [-0.25, -0.2) is 17.8 Å². The molecule has 0 saturated heterocycles. The molecule has 0 radical (unpaired) electrons. The summed E-state index contributed by atoms with van der Waals surface area (Å²) in [4.78, 5) is 29.9. The van der Waals surface area contributed by atoms with E-state index in [9.17, 15) is 22.4 Å². The second kappa shape index (κ2) is 8.45. The van der Waals surface area contributed by atoms with Gasteiger partial charge < -0.3 is 4.57 Å². The van der Waals surface area contributed by atoms with Gasteiger partial charge >= 0.3 is 0 Å². The number of pyridine rings is 1. The highest BCUT2D eigenvalue weighted by Crippen LogP contribution is 2.28. The van der Waals surface area contributed by atoms with E-state index in [1.165, 1.54) is 53.2 Å². The highest BCUT2D eigenvalue weighted by Gasteiger charge is 2.17. The van der Waals surface area contributed by atoms with Crippen LogP contribution in [0, 0.1) is 5.82 Å². The number of hydrogen-bond donors (Lipinski definition) is 1. The Balaban J connectivity index is 1.62. The lowest BCUT2D eigenvalue weighted by molar-refractivity contribution is 0.102. The minimum atomic E-state index is -3.38. The zero-order valence-corrected chi connectivity index (χ0v) is 18.9. The Kier molecular flexibility index (Phi) is 5.85. The van der Waals surface area contributed by atoms with E-state index >= 15 is 0 Å². The van der Waals surface area contributed by atoms with Gasteiger partial charge in [-0.15, -0.1) is 0 Å². The molecular formula is C21H15ClFN3O4S2. The quantitative estimate of drug-likeness (QED) is 0.455. The number of aromatic nitrogens is 2. The van der Waals surface area contributed by atoms with Crippen LogP contribution in [0.15, 0.2) is 64.4 Å². The molecule has 0 aliphatic rings. The van der Waals surface area contributed by atoms with Gasteiger partial charge in [0.05, 0.1) is 21.7 Å². The van der Waals surface area contributed by atoms with Crippen LogP contribution in [-0.4, -0.2) is 30.1 Å². The first-order valence-corrected chi connectivity index (χ1v) is 12.3. The van der Waals surface area contributed by atoms with Crippen molar-refractivity contribution >= 4 is 54.0 Å². The first-order chi connectivity index (χ1) is 15.1. The van der Waals surface area contributed by atoms with Crippen LogP contribution in [0.1, 0.15) is 15.9 Å². The number of hydrogen-bond acceptors (Lipinski definition) is 6. The molecular weight excluding hydrogens is 477 g/mol. The Bertz CT molecular complexity index is 1510. The zero-order valence-electron chi connectivity index (χ0n) is 16.5. The first-order valence-electron chi connectivity index (χ1n) is 9.18. The fourth-order valence-electron chi connectivity index (χ4n) is 3.04. The van der Waals surface area contributed by atoms with Gasteiger partial charge in [0.1, 0.15) is 11.4 Å². The molecule has 0 saturated carbocycles. The molecule has 0 fully saturated rings. The lowest BCUT2D eigenvalue weighted by Crippen LogP contribution is -2.29. The van der Waals surface area contributed by atoms with Gasteiger partial charge in [0, 0.05) is 23.0 Å². The molecule has 164 valence electrons. The molecule has 11 heteroatoms. The van der Waals surface area contributed by atoms with Gasteiger partial charge in [0.15, 0.2) is 15.0 Å². The molecule has 0 unspecified atom stereocenters. The summed E-state index contributed by atoms with van der Waals surface area (Å²) in [7, 11) is -3.38. The van der Waals surface area contributed by atoms with Crippen LogP contribution in [0.25, 0.3) is 10.2 Å². The van der Waals surface area contributed by atoms with Crippen molar-refractivity contribution in [2.75, 3.05) is 11.6 Å². The van der Waals surface area contributed by atoms with E-state index in [0.29, 0.717) is 10.2 Å². The van der Waals surface area contributed by atoms with E-state index in [1.807, 2.05) is 0 Å². The lowest BCUT2D eigenvalue weighted by atomic mass is 10.2. The van der Waals surface area contributed by atoms with Gasteiger partial charge in [-0.3, -0.25) is 14.9 Å². The Morgan fingerprint density at radius 3 is 2.72 bits per heavy atom. The summed E-state index contributed by atoms with van der Waals surface area (Å²) in [6.45, 7) is -0.138. The minimum Gasteiger partial charge on any atom is -0.310 e. The monoisotopic (exact) mass is 491 g/mol. The van der Waals surface area contributed by atoms with Gasteiger partial charge in [-0.2, -0.15) is 0 Å². The molecule has 0 bridgehead atoms. The SMILES string of the molecule is CS(=O)(=O)c1ccc2nc(NC(=O)c3cccn(Cc4c(F)cccc4Cl)c3=O)sc2c1. The van der Waals surface area contributed by atoms with Crippen LogP contribution in [-0.2, 0) is 16.4 Å².